The summed E-state index contributed by atoms with van der Waals surface area (Å²) in [4.78, 5) is 0.253. The van der Waals surface area contributed by atoms with Gasteiger partial charge in [0, 0.05) is 31.9 Å². The van der Waals surface area contributed by atoms with Gasteiger partial charge in [-0.3, -0.25) is 5.10 Å². The van der Waals surface area contributed by atoms with Crippen LogP contribution in [0.3, 0.4) is 0 Å². The van der Waals surface area contributed by atoms with Crippen molar-refractivity contribution in [2.75, 3.05) is 7.05 Å². The van der Waals surface area contributed by atoms with Crippen LogP contribution in [0.15, 0.2) is 41.6 Å². The highest BCUT2D eigenvalue weighted by molar-refractivity contribution is 7.89. The predicted octanol–water partition coefficient (Wildman–Crippen LogP) is 0.689. The molecule has 2 aromatic rings. The Labute approximate surface area is 112 Å². The summed E-state index contributed by atoms with van der Waals surface area (Å²) in [5.74, 6) is 0. The molecule has 0 fully saturated rings. The van der Waals surface area contributed by atoms with Gasteiger partial charge in [0.05, 0.1) is 11.1 Å². The fourth-order valence-corrected chi connectivity index (χ4v) is 3.19. The number of nitrogens with zero attached hydrogens (tertiary/aromatic N) is 2. The number of rotatable bonds is 5. The van der Waals surface area contributed by atoms with E-state index < -0.39 is 10.0 Å². The minimum absolute atomic E-state index is 0.189. The number of H-pyrrole nitrogens is 1. The quantitative estimate of drug-likeness (QED) is 0.842. The summed E-state index contributed by atoms with van der Waals surface area (Å²) in [5.41, 5.74) is 7.00. The number of hydrogen-bond acceptors (Lipinski definition) is 4. The third-order valence-electron chi connectivity index (χ3n) is 2.84. The van der Waals surface area contributed by atoms with Crippen molar-refractivity contribution in [3.8, 4) is 0 Å². The first-order valence-corrected chi connectivity index (χ1v) is 7.21. The molecule has 0 amide bonds. The molecule has 1 heterocycles. The zero-order valence-corrected chi connectivity index (χ0v) is 11.4. The SMILES string of the molecule is CN(Cc1cn[nH]c1)S(=O)(=O)c1ccccc1CN. The Kier molecular flexibility index (Phi) is 3.98. The second-order valence-electron chi connectivity index (χ2n) is 4.18. The van der Waals surface area contributed by atoms with Gasteiger partial charge < -0.3 is 5.73 Å². The lowest BCUT2D eigenvalue weighted by Gasteiger charge is -2.18. The Balaban J connectivity index is 2.31. The van der Waals surface area contributed by atoms with E-state index in [1.54, 1.807) is 36.7 Å². The molecule has 3 N–H and O–H groups in total. The zero-order chi connectivity index (χ0) is 13.9. The first kappa shape index (κ1) is 13.7. The van der Waals surface area contributed by atoms with Gasteiger partial charge in [-0.1, -0.05) is 18.2 Å². The monoisotopic (exact) mass is 280 g/mol. The molecule has 2 rings (SSSR count). The average molecular weight is 280 g/mol. The van der Waals surface area contributed by atoms with E-state index in [4.69, 9.17) is 5.73 Å². The molecule has 0 saturated carbocycles. The van der Waals surface area contributed by atoms with Gasteiger partial charge in [0.25, 0.3) is 0 Å². The van der Waals surface area contributed by atoms with Crippen LogP contribution in [0.4, 0.5) is 0 Å². The fraction of sp³-hybridized carbons (Fsp3) is 0.250. The number of aromatic amines is 1. The van der Waals surface area contributed by atoms with Crippen LogP contribution in [0.2, 0.25) is 0 Å². The number of nitrogens with two attached hydrogens (primary N) is 1. The summed E-state index contributed by atoms with van der Waals surface area (Å²) in [6.07, 6.45) is 3.27. The molecular formula is C12H16N4O2S. The van der Waals surface area contributed by atoms with Crippen molar-refractivity contribution >= 4 is 10.0 Å². The molecule has 1 aromatic carbocycles. The van der Waals surface area contributed by atoms with Crippen LogP contribution in [-0.2, 0) is 23.1 Å². The van der Waals surface area contributed by atoms with Gasteiger partial charge in [-0.25, -0.2) is 8.42 Å². The maximum absolute atomic E-state index is 12.5. The van der Waals surface area contributed by atoms with Crippen LogP contribution in [0, 0.1) is 0 Å². The van der Waals surface area contributed by atoms with Crippen molar-refractivity contribution in [2.24, 2.45) is 5.73 Å². The molecule has 0 radical (unpaired) electrons. The first-order valence-electron chi connectivity index (χ1n) is 5.77. The van der Waals surface area contributed by atoms with E-state index in [2.05, 4.69) is 10.2 Å². The average Bonchev–Trinajstić information content (AvgIpc) is 2.91. The molecule has 0 unspecified atom stereocenters. The van der Waals surface area contributed by atoms with Gasteiger partial charge in [0.1, 0.15) is 0 Å². The Morgan fingerprint density at radius 3 is 2.74 bits per heavy atom. The van der Waals surface area contributed by atoms with Crippen molar-refractivity contribution in [3.63, 3.8) is 0 Å². The smallest absolute Gasteiger partial charge is 0.243 e. The summed E-state index contributed by atoms with van der Waals surface area (Å²) >= 11 is 0. The Hall–Kier alpha value is -1.70. The molecule has 19 heavy (non-hydrogen) atoms. The van der Waals surface area contributed by atoms with Gasteiger partial charge in [-0.05, 0) is 11.6 Å². The Morgan fingerprint density at radius 2 is 2.11 bits per heavy atom. The predicted molar refractivity (Wildman–Crippen MR) is 71.6 cm³/mol. The van der Waals surface area contributed by atoms with E-state index in [9.17, 15) is 8.42 Å². The van der Waals surface area contributed by atoms with Crippen molar-refractivity contribution in [3.05, 3.63) is 47.8 Å². The van der Waals surface area contributed by atoms with Gasteiger partial charge in [0.2, 0.25) is 10.0 Å². The number of nitrogens with one attached hydrogen (secondary N) is 1. The van der Waals surface area contributed by atoms with Gasteiger partial charge >= 0.3 is 0 Å². The maximum atomic E-state index is 12.5. The summed E-state index contributed by atoms with van der Waals surface area (Å²) in [5, 5.41) is 6.45. The number of hydrogen-bond donors (Lipinski definition) is 2. The van der Waals surface area contributed by atoms with Crippen LogP contribution in [0.5, 0.6) is 0 Å². The van der Waals surface area contributed by atoms with Crippen molar-refractivity contribution in [2.45, 2.75) is 18.0 Å². The highest BCUT2D eigenvalue weighted by Gasteiger charge is 2.23. The fourth-order valence-electron chi connectivity index (χ4n) is 1.80. The summed E-state index contributed by atoms with van der Waals surface area (Å²) in [7, 11) is -2.01. The van der Waals surface area contributed by atoms with E-state index in [1.165, 1.54) is 11.4 Å². The molecule has 0 aliphatic carbocycles. The number of aromatic nitrogens is 2. The topological polar surface area (TPSA) is 92.1 Å². The minimum atomic E-state index is -3.55. The molecular weight excluding hydrogens is 264 g/mol. The van der Waals surface area contributed by atoms with Crippen LogP contribution in [-0.4, -0.2) is 30.0 Å². The largest absolute Gasteiger partial charge is 0.326 e. The third-order valence-corrected chi connectivity index (χ3v) is 4.74. The Morgan fingerprint density at radius 1 is 1.37 bits per heavy atom. The van der Waals surface area contributed by atoms with Gasteiger partial charge in [-0.2, -0.15) is 9.40 Å². The van der Waals surface area contributed by atoms with Crippen LogP contribution in [0.1, 0.15) is 11.1 Å². The summed E-state index contributed by atoms with van der Waals surface area (Å²) < 4.78 is 26.2. The standard InChI is InChI=1S/C12H16N4O2S/c1-16(9-10-7-14-15-8-10)19(17,18)12-5-3-2-4-11(12)6-13/h2-5,7-8H,6,9,13H2,1H3,(H,14,15). The lowest BCUT2D eigenvalue weighted by Crippen LogP contribution is -2.27. The molecule has 0 aliphatic heterocycles. The van der Waals surface area contributed by atoms with Crippen LogP contribution < -0.4 is 5.73 Å². The minimum Gasteiger partial charge on any atom is -0.326 e. The molecule has 1 aromatic heterocycles. The van der Waals surface area contributed by atoms with Crippen LogP contribution in [0.25, 0.3) is 0 Å². The van der Waals surface area contributed by atoms with Crippen molar-refractivity contribution in [1.29, 1.82) is 0 Å². The second-order valence-corrected chi connectivity index (χ2v) is 6.19. The molecule has 0 atom stereocenters. The summed E-state index contributed by atoms with van der Waals surface area (Å²) in [6.45, 7) is 0.451. The van der Waals surface area contributed by atoms with Crippen molar-refractivity contribution < 1.29 is 8.42 Å². The zero-order valence-electron chi connectivity index (χ0n) is 10.6. The highest BCUT2D eigenvalue weighted by Crippen LogP contribution is 2.20. The lowest BCUT2D eigenvalue weighted by molar-refractivity contribution is 0.466. The van der Waals surface area contributed by atoms with E-state index in [0.717, 1.165) is 5.56 Å². The normalized spacial score (nSPS) is 11.9. The van der Waals surface area contributed by atoms with E-state index in [-0.39, 0.29) is 18.0 Å². The highest BCUT2D eigenvalue weighted by atomic mass is 32.2. The van der Waals surface area contributed by atoms with E-state index >= 15 is 0 Å². The van der Waals surface area contributed by atoms with E-state index in [1.807, 2.05) is 0 Å². The van der Waals surface area contributed by atoms with E-state index in [0.29, 0.717) is 5.56 Å². The number of sulfonamides is 1. The molecule has 0 bridgehead atoms. The second kappa shape index (κ2) is 5.52. The van der Waals surface area contributed by atoms with Gasteiger partial charge in [0.15, 0.2) is 0 Å². The lowest BCUT2D eigenvalue weighted by atomic mass is 10.2. The Bertz CT molecular complexity index is 638. The molecule has 0 spiro atoms. The molecule has 0 saturated heterocycles. The molecule has 7 heteroatoms. The van der Waals surface area contributed by atoms with Crippen LogP contribution >= 0.6 is 0 Å². The molecule has 102 valence electrons. The maximum Gasteiger partial charge on any atom is 0.243 e. The van der Waals surface area contributed by atoms with Crippen molar-refractivity contribution in [1.82, 2.24) is 14.5 Å². The third kappa shape index (κ3) is 2.83. The molecule has 6 nitrogen and oxygen atoms in total. The first-order chi connectivity index (χ1) is 9.05. The summed E-state index contributed by atoms with van der Waals surface area (Å²) in [6, 6.07) is 6.76. The number of benzene rings is 1. The van der Waals surface area contributed by atoms with Gasteiger partial charge in [-0.15, -0.1) is 0 Å². The molecule has 0 aliphatic rings.